The lowest BCUT2D eigenvalue weighted by Crippen LogP contribution is -2.24. The van der Waals surface area contributed by atoms with Crippen molar-refractivity contribution in [3.05, 3.63) is 51.3 Å². The van der Waals surface area contributed by atoms with Crippen LogP contribution in [0.3, 0.4) is 0 Å². The average Bonchev–Trinajstić information content (AvgIpc) is 3.00. The van der Waals surface area contributed by atoms with Crippen molar-refractivity contribution >= 4 is 16.9 Å². The van der Waals surface area contributed by atoms with Crippen molar-refractivity contribution in [2.45, 2.75) is 26.8 Å². The van der Waals surface area contributed by atoms with Crippen LogP contribution in [0.25, 0.3) is 11.0 Å². The van der Waals surface area contributed by atoms with E-state index in [1.54, 1.807) is 6.92 Å². The third kappa shape index (κ3) is 2.78. The highest BCUT2D eigenvalue weighted by atomic mass is 16.5. The van der Waals surface area contributed by atoms with Gasteiger partial charge in [-0.2, -0.15) is 0 Å². The molecule has 0 atom stereocenters. The molecular weight excluding hydrogens is 284 g/mol. The molecule has 0 saturated carbocycles. The van der Waals surface area contributed by atoms with Gasteiger partial charge in [-0.3, -0.25) is 4.79 Å². The molecule has 3 N–H and O–H groups in total. The van der Waals surface area contributed by atoms with E-state index >= 15 is 0 Å². The van der Waals surface area contributed by atoms with Crippen LogP contribution in [-0.2, 0) is 17.8 Å². The van der Waals surface area contributed by atoms with Gasteiger partial charge in [0.2, 0.25) is 5.91 Å². The fourth-order valence-electron chi connectivity index (χ4n) is 2.37. The van der Waals surface area contributed by atoms with Crippen molar-refractivity contribution < 1.29 is 9.32 Å². The highest BCUT2D eigenvalue weighted by Crippen LogP contribution is 2.13. The Morgan fingerprint density at radius 2 is 2.05 bits per heavy atom. The summed E-state index contributed by atoms with van der Waals surface area (Å²) in [6.45, 7) is 4.00. The van der Waals surface area contributed by atoms with E-state index < -0.39 is 0 Å². The van der Waals surface area contributed by atoms with Crippen LogP contribution in [0, 0.1) is 13.8 Å². The Morgan fingerprint density at radius 3 is 2.77 bits per heavy atom. The van der Waals surface area contributed by atoms with Gasteiger partial charge < -0.3 is 19.8 Å². The Labute approximate surface area is 125 Å². The maximum Gasteiger partial charge on any atom is 0.323 e. The minimum Gasteiger partial charge on any atom is -0.361 e. The van der Waals surface area contributed by atoms with E-state index in [0.29, 0.717) is 12.3 Å². The first-order valence-corrected chi connectivity index (χ1v) is 6.92. The molecule has 22 heavy (non-hydrogen) atoms. The van der Waals surface area contributed by atoms with Crippen molar-refractivity contribution in [2.75, 3.05) is 0 Å². The van der Waals surface area contributed by atoms with E-state index in [0.717, 1.165) is 27.9 Å². The van der Waals surface area contributed by atoms with Crippen LogP contribution in [0.2, 0.25) is 0 Å². The monoisotopic (exact) mass is 300 g/mol. The lowest BCUT2D eigenvalue weighted by atomic mass is 10.1. The number of rotatable bonds is 4. The highest BCUT2D eigenvalue weighted by Gasteiger charge is 2.13. The van der Waals surface area contributed by atoms with Gasteiger partial charge in [0.1, 0.15) is 5.76 Å². The summed E-state index contributed by atoms with van der Waals surface area (Å²) in [5.74, 6) is 0.566. The van der Waals surface area contributed by atoms with E-state index in [2.05, 4.69) is 20.4 Å². The quantitative estimate of drug-likeness (QED) is 0.676. The largest absolute Gasteiger partial charge is 0.361 e. The first-order valence-electron chi connectivity index (χ1n) is 6.92. The molecule has 3 rings (SSSR count). The molecule has 0 unspecified atom stereocenters. The number of hydrogen-bond acceptors (Lipinski definition) is 4. The SMILES string of the molecule is Cc1noc(C)c1CC(=O)NCc1ccc2[nH]c(=O)[nH]c2c1. The van der Waals surface area contributed by atoms with Gasteiger partial charge in [0.25, 0.3) is 0 Å². The molecular formula is C15H16N4O3. The zero-order valence-electron chi connectivity index (χ0n) is 12.3. The summed E-state index contributed by atoms with van der Waals surface area (Å²) in [6.07, 6.45) is 0.240. The van der Waals surface area contributed by atoms with Crippen molar-refractivity contribution in [2.24, 2.45) is 0 Å². The van der Waals surface area contributed by atoms with E-state index in [4.69, 9.17) is 4.52 Å². The molecule has 2 heterocycles. The van der Waals surface area contributed by atoms with Crippen LogP contribution in [0.15, 0.2) is 27.5 Å². The molecule has 7 heteroatoms. The van der Waals surface area contributed by atoms with Gasteiger partial charge in [0.05, 0.1) is 23.1 Å². The highest BCUT2D eigenvalue weighted by molar-refractivity contribution is 5.79. The van der Waals surface area contributed by atoms with E-state index in [1.807, 2.05) is 25.1 Å². The summed E-state index contributed by atoms with van der Waals surface area (Å²) in [6, 6.07) is 5.51. The number of aryl methyl sites for hydroxylation is 2. The Bertz CT molecular complexity index is 868. The first-order chi connectivity index (χ1) is 10.5. The molecule has 0 saturated heterocycles. The van der Waals surface area contributed by atoms with Crippen LogP contribution >= 0.6 is 0 Å². The summed E-state index contributed by atoms with van der Waals surface area (Å²) >= 11 is 0. The van der Waals surface area contributed by atoms with Gasteiger partial charge in [0.15, 0.2) is 0 Å². The number of H-pyrrole nitrogens is 2. The normalized spacial score (nSPS) is 11.0. The summed E-state index contributed by atoms with van der Waals surface area (Å²) in [5, 5.41) is 6.68. The first kappa shape index (κ1) is 14.1. The maximum absolute atomic E-state index is 12.0. The van der Waals surface area contributed by atoms with Gasteiger partial charge in [-0.1, -0.05) is 11.2 Å². The Morgan fingerprint density at radius 1 is 1.27 bits per heavy atom. The third-order valence-corrected chi connectivity index (χ3v) is 3.59. The fourth-order valence-corrected chi connectivity index (χ4v) is 2.37. The molecule has 7 nitrogen and oxygen atoms in total. The average molecular weight is 300 g/mol. The predicted octanol–water partition coefficient (Wildman–Crippen LogP) is 1.32. The van der Waals surface area contributed by atoms with Gasteiger partial charge in [0, 0.05) is 12.1 Å². The number of nitrogens with zero attached hydrogens (tertiary/aromatic N) is 1. The minimum absolute atomic E-state index is 0.0999. The molecule has 0 aliphatic heterocycles. The van der Waals surface area contributed by atoms with Crippen molar-refractivity contribution in [3.63, 3.8) is 0 Å². The molecule has 0 bridgehead atoms. The smallest absolute Gasteiger partial charge is 0.323 e. The molecule has 0 aliphatic rings. The summed E-state index contributed by atoms with van der Waals surface area (Å²) in [5.41, 5.74) is 3.70. The number of fused-ring (bicyclic) bond motifs is 1. The molecule has 1 aromatic carbocycles. The summed E-state index contributed by atoms with van der Waals surface area (Å²) in [7, 11) is 0. The second-order valence-corrected chi connectivity index (χ2v) is 5.22. The van der Waals surface area contributed by atoms with E-state index in [9.17, 15) is 9.59 Å². The summed E-state index contributed by atoms with van der Waals surface area (Å²) < 4.78 is 5.04. The molecule has 0 spiro atoms. The number of nitrogens with one attached hydrogen (secondary N) is 3. The lowest BCUT2D eigenvalue weighted by Gasteiger charge is -2.05. The fraction of sp³-hybridized carbons (Fsp3) is 0.267. The number of amides is 1. The van der Waals surface area contributed by atoms with Crippen molar-refractivity contribution in [1.82, 2.24) is 20.4 Å². The second kappa shape index (κ2) is 5.51. The molecule has 2 aromatic heterocycles. The zero-order chi connectivity index (χ0) is 15.7. The van der Waals surface area contributed by atoms with Gasteiger partial charge in [-0.25, -0.2) is 4.79 Å². The number of aromatic nitrogens is 3. The topological polar surface area (TPSA) is 104 Å². The zero-order valence-corrected chi connectivity index (χ0v) is 12.3. The molecule has 3 aromatic rings. The number of carbonyl (C=O) groups is 1. The van der Waals surface area contributed by atoms with Crippen LogP contribution in [0.4, 0.5) is 0 Å². The molecule has 1 amide bonds. The van der Waals surface area contributed by atoms with Crippen molar-refractivity contribution in [1.29, 1.82) is 0 Å². The van der Waals surface area contributed by atoms with Crippen LogP contribution in [-0.4, -0.2) is 21.0 Å². The van der Waals surface area contributed by atoms with Gasteiger partial charge in [-0.05, 0) is 31.5 Å². The van der Waals surface area contributed by atoms with E-state index in [1.165, 1.54) is 0 Å². The number of benzene rings is 1. The molecule has 0 radical (unpaired) electrons. The second-order valence-electron chi connectivity index (χ2n) is 5.22. The minimum atomic E-state index is -0.241. The number of carbonyl (C=O) groups excluding carboxylic acids is 1. The Balaban J connectivity index is 1.65. The number of imidazole rings is 1. The lowest BCUT2D eigenvalue weighted by molar-refractivity contribution is -0.120. The van der Waals surface area contributed by atoms with Gasteiger partial charge in [-0.15, -0.1) is 0 Å². The Hall–Kier alpha value is -2.83. The third-order valence-electron chi connectivity index (χ3n) is 3.59. The van der Waals surface area contributed by atoms with E-state index in [-0.39, 0.29) is 18.0 Å². The molecule has 0 aliphatic carbocycles. The van der Waals surface area contributed by atoms with Crippen LogP contribution < -0.4 is 11.0 Å². The number of aromatic amines is 2. The van der Waals surface area contributed by atoms with Crippen molar-refractivity contribution in [3.8, 4) is 0 Å². The van der Waals surface area contributed by atoms with Gasteiger partial charge >= 0.3 is 5.69 Å². The summed E-state index contributed by atoms with van der Waals surface area (Å²) in [4.78, 5) is 28.6. The maximum atomic E-state index is 12.0. The number of hydrogen-bond donors (Lipinski definition) is 3. The van der Waals surface area contributed by atoms with Crippen LogP contribution in [0.5, 0.6) is 0 Å². The Kier molecular flexibility index (Phi) is 3.54. The molecule has 114 valence electrons. The predicted molar refractivity (Wildman–Crippen MR) is 80.4 cm³/mol. The standard InChI is InChI=1S/C15H16N4O3/c1-8-11(9(2)22-19-8)6-14(20)16-7-10-3-4-12-13(5-10)18-15(21)17-12/h3-5H,6-7H2,1-2H3,(H,16,20)(H2,17,18,21). The molecule has 0 fully saturated rings. The van der Waals surface area contributed by atoms with Crippen LogP contribution in [0.1, 0.15) is 22.6 Å².